The number of pyridine rings is 2. The van der Waals surface area contributed by atoms with E-state index in [0.29, 0.717) is 11.3 Å². The lowest BCUT2D eigenvalue weighted by Crippen LogP contribution is -2.09. The molecule has 0 aliphatic carbocycles. The van der Waals surface area contributed by atoms with Crippen LogP contribution in [0.3, 0.4) is 0 Å². The van der Waals surface area contributed by atoms with Gasteiger partial charge in [-0.05, 0) is 220 Å². The fourth-order valence-corrected chi connectivity index (χ4v) is 21.4. The van der Waals surface area contributed by atoms with Crippen LogP contribution in [-0.4, -0.2) is 32.5 Å². The number of para-hydroxylation sites is 3. The van der Waals surface area contributed by atoms with Gasteiger partial charge in [-0.3, -0.25) is 4.40 Å². The Bertz CT molecular complexity index is 9690. The first-order valence-electron chi connectivity index (χ1n) is 45.3. The van der Waals surface area contributed by atoms with Crippen LogP contribution in [0.4, 0.5) is 22.7 Å². The van der Waals surface area contributed by atoms with Crippen LogP contribution in [0.5, 0.6) is 0 Å². The molecule has 0 aliphatic heterocycles. The molecular formula is C124H76N10. The highest BCUT2D eigenvalue weighted by molar-refractivity contribution is 6.40. The maximum Gasteiger partial charge on any atom is 0.187 e. The van der Waals surface area contributed by atoms with Crippen molar-refractivity contribution in [3.05, 3.63) is 478 Å². The van der Waals surface area contributed by atoms with Gasteiger partial charge in [0.25, 0.3) is 0 Å². The topological polar surface area (TPSA) is 80.8 Å². The molecule has 0 radical (unpaired) electrons. The third kappa shape index (κ3) is 12.2. The lowest BCUT2D eigenvalue weighted by Gasteiger charge is -2.26. The second-order valence-corrected chi connectivity index (χ2v) is 34.4. The Morgan fingerprint density at radius 2 is 0.642 bits per heavy atom. The van der Waals surface area contributed by atoms with Crippen molar-refractivity contribution in [1.29, 1.82) is 5.26 Å². The molecule has 28 aromatic rings. The van der Waals surface area contributed by atoms with Crippen LogP contribution >= 0.6 is 0 Å². The maximum atomic E-state index is 9.51. The van der Waals surface area contributed by atoms with E-state index in [1.807, 2.05) is 66.7 Å². The highest BCUT2D eigenvalue weighted by atomic mass is 15.1. The van der Waals surface area contributed by atoms with Crippen molar-refractivity contribution in [3.8, 4) is 56.9 Å². The molecule has 0 bridgehead atoms. The summed E-state index contributed by atoms with van der Waals surface area (Å²) in [5.74, 6) is 0. The number of nitriles is 1. The van der Waals surface area contributed by atoms with Crippen LogP contribution in [0.25, 0.3) is 229 Å². The fourth-order valence-electron chi connectivity index (χ4n) is 21.4. The molecule has 622 valence electrons. The van der Waals surface area contributed by atoms with E-state index in [4.69, 9.17) is 16.5 Å². The van der Waals surface area contributed by atoms with E-state index < -0.39 is 0 Å². The zero-order chi connectivity index (χ0) is 88.6. The van der Waals surface area contributed by atoms with Gasteiger partial charge in [-0.2, -0.15) is 5.26 Å². The highest BCUT2D eigenvalue weighted by Crippen LogP contribution is 2.52. The summed E-state index contributed by atoms with van der Waals surface area (Å²) in [4.78, 5) is 16.0. The standard InChI is InChI=1S/C44H26N4.C43H27N3.C37H23N3/c1-46-31-18-22-34(23-19-31)47(33-20-15-29(28-45)16-21-33)35-24-26-41-40(27-35)43-38-14-8-7-13-37(38)39-25-17-30-9-5-6-12-36(30)42(39)44(43)48(41)32-10-3-2-4-11-32;1-3-14-29(15-4-1)42-41(44-38-21-11-12-26-45(38)42)30-23-25-37-36(27-30)40-34-20-10-9-19-33(34)35-24-22-28-13-7-8-18-32(28)39(35)43(40)46(37)31-16-5-2-6-17-31;1-2-11-26(12-3-1)40-33-20-18-25(32-23-39-21-9-8-16-34(39)38-32)22-31(33)36-29-15-7-6-14-28(29)30-19-17-24-10-4-5-13-27(24)35(30)37(36)40/h2-27H;1-27H;1-23H. The van der Waals surface area contributed by atoms with E-state index in [0.717, 1.165) is 90.1 Å². The first kappa shape index (κ1) is 76.7. The van der Waals surface area contributed by atoms with Gasteiger partial charge < -0.3 is 23.0 Å². The van der Waals surface area contributed by atoms with Crippen molar-refractivity contribution < 1.29 is 0 Å². The van der Waals surface area contributed by atoms with Gasteiger partial charge in [0.05, 0.1) is 68.4 Å². The lowest BCUT2D eigenvalue weighted by atomic mass is 9.93. The largest absolute Gasteiger partial charge is 0.311 e. The van der Waals surface area contributed by atoms with Gasteiger partial charge in [-0.1, -0.05) is 303 Å². The molecular weight excluding hydrogens is 1630 g/mol. The van der Waals surface area contributed by atoms with Gasteiger partial charge >= 0.3 is 0 Å². The van der Waals surface area contributed by atoms with Crippen LogP contribution in [-0.2, 0) is 0 Å². The molecule has 0 fully saturated rings. The molecule has 0 spiro atoms. The molecule has 7 heterocycles. The van der Waals surface area contributed by atoms with Gasteiger partial charge in [0.2, 0.25) is 0 Å². The van der Waals surface area contributed by atoms with Crippen LogP contribution in [0, 0.1) is 17.9 Å². The Hall–Kier alpha value is -18.5. The van der Waals surface area contributed by atoms with E-state index in [1.165, 1.54) is 151 Å². The molecule has 28 rings (SSSR count). The average molecular weight is 1710 g/mol. The van der Waals surface area contributed by atoms with Crippen molar-refractivity contribution in [2.45, 2.75) is 0 Å². The molecule has 0 saturated carbocycles. The predicted octanol–water partition coefficient (Wildman–Crippen LogP) is 32.9. The molecule has 134 heavy (non-hydrogen) atoms. The van der Waals surface area contributed by atoms with Gasteiger partial charge in [0, 0.05) is 118 Å². The zero-order valence-corrected chi connectivity index (χ0v) is 72.4. The average Bonchev–Trinajstić information content (AvgIpc) is 1.56. The molecule has 0 saturated heterocycles. The van der Waals surface area contributed by atoms with E-state index in [9.17, 15) is 5.26 Å². The Balaban J connectivity index is 0.000000105. The minimum Gasteiger partial charge on any atom is -0.311 e. The number of aromatic nitrogens is 7. The smallest absolute Gasteiger partial charge is 0.187 e. The molecule has 10 heteroatoms. The summed E-state index contributed by atoms with van der Waals surface area (Å²) in [5.41, 5.74) is 22.9. The van der Waals surface area contributed by atoms with Crippen molar-refractivity contribution in [3.63, 3.8) is 0 Å². The molecule has 7 aromatic heterocycles. The second-order valence-electron chi connectivity index (χ2n) is 34.4. The van der Waals surface area contributed by atoms with Crippen LogP contribution in [0.1, 0.15) is 5.56 Å². The fraction of sp³-hybridized carbons (Fsp3) is 0. The number of anilines is 3. The van der Waals surface area contributed by atoms with E-state index >= 15 is 0 Å². The van der Waals surface area contributed by atoms with Gasteiger partial charge in [0.1, 0.15) is 11.3 Å². The molecule has 0 atom stereocenters. The van der Waals surface area contributed by atoms with Crippen molar-refractivity contribution >= 4 is 196 Å². The number of fused-ring (bicyclic) bond motifs is 32. The van der Waals surface area contributed by atoms with E-state index in [-0.39, 0.29) is 0 Å². The monoisotopic (exact) mass is 1700 g/mol. The molecule has 0 aliphatic rings. The lowest BCUT2D eigenvalue weighted by molar-refractivity contribution is 1.19. The summed E-state index contributed by atoms with van der Waals surface area (Å²) in [6, 6.07) is 159. The molecule has 0 amide bonds. The minimum atomic E-state index is 0.588. The quantitative estimate of drug-likeness (QED) is 0.107. The third-order valence-corrected chi connectivity index (χ3v) is 27.1. The third-order valence-electron chi connectivity index (χ3n) is 27.1. The number of imidazole rings is 2. The van der Waals surface area contributed by atoms with E-state index in [1.54, 1.807) is 0 Å². The normalized spacial score (nSPS) is 11.7. The first-order valence-corrected chi connectivity index (χ1v) is 45.3. The Kier molecular flexibility index (Phi) is 17.9. The highest BCUT2D eigenvalue weighted by Gasteiger charge is 2.28. The summed E-state index contributed by atoms with van der Waals surface area (Å²) in [6.07, 6.45) is 6.28. The number of nitrogens with zero attached hydrogens (tertiary/aromatic N) is 10. The van der Waals surface area contributed by atoms with Crippen molar-refractivity contribution in [1.82, 2.24) is 32.5 Å². The molecule has 0 unspecified atom stereocenters. The van der Waals surface area contributed by atoms with Crippen LogP contribution < -0.4 is 4.90 Å². The summed E-state index contributed by atoms with van der Waals surface area (Å²) in [5, 5.41) is 39.5. The van der Waals surface area contributed by atoms with Crippen molar-refractivity contribution in [2.75, 3.05) is 4.90 Å². The Labute approximate surface area is 769 Å². The SMILES string of the molecule is [C-]#[N+]c1ccc(N(c2ccc(C#N)cc2)c2ccc3c(c2)c2c4ccccc4c4ccc5ccccc5c4c2n3-c2ccccc2)cc1.c1ccc(-c2c(-c3ccc4c(c3)c3c5ccccc5c5ccc6ccccc6c5c3n4-c3ccccc3)nc3ccccn23)cc1.c1ccc(-n2c3ccc(-c4cn5ccccc5n4)cc3c3c4ccccc4c4ccc5ccccc5c4c32)cc1. The summed E-state index contributed by atoms with van der Waals surface area (Å²) in [6.45, 7) is 7.49. The summed E-state index contributed by atoms with van der Waals surface area (Å²) in [7, 11) is 0. The summed E-state index contributed by atoms with van der Waals surface area (Å²) >= 11 is 0. The van der Waals surface area contributed by atoms with Gasteiger partial charge in [-0.15, -0.1) is 0 Å². The van der Waals surface area contributed by atoms with E-state index in [2.05, 4.69) is 433 Å². The summed E-state index contributed by atoms with van der Waals surface area (Å²) < 4.78 is 11.6. The molecule has 0 N–H and O–H groups in total. The van der Waals surface area contributed by atoms with Crippen LogP contribution in [0.15, 0.2) is 461 Å². The number of rotatable bonds is 9. The molecule has 21 aromatic carbocycles. The Morgan fingerprint density at radius 3 is 1.10 bits per heavy atom. The number of benzene rings is 21. The minimum absolute atomic E-state index is 0.588. The van der Waals surface area contributed by atoms with Gasteiger partial charge in [-0.25, -0.2) is 14.8 Å². The first-order chi connectivity index (χ1) is 66.4. The second kappa shape index (κ2) is 31.2. The van der Waals surface area contributed by atoms with Crippen molar-refractivity contribution in [2.24, 2.45) is 0 Å². The number of hydrogen-bond acceptors (Lipinski definition) is 4. The number of hydrogen-bond donors (Lipinski definition) is 0. The Morgan fingerprint density at radius 1 is 0.276 bits per heavy atom. The zero-order valence-electron chi connectivity index (χ0n) is 72.4. The van der Waals surface area contributed by atoms with Gasteiger partial charge in [0.15, 0.2) is 5.69 Å². The molecule has 10 nitrogen and oxygen atoms in total. The maximum absolute atomic E-state index is 9.51. The predicted molar refractivity (Wildman–Crippen MR) is 559 cm³/mol. The van der Waals surface area contributed by atoms with Crippen LogP contribution in [0.2, 0.25) is 0 Å².